The Morgan fingerprint density at radius 3 is 2.31 bits per heavy atom. The van der Waals surface area contributed by atoms with Gasteiger partial charge in [0.25, 0.3) is 0 Å². The van der Waals surface area contributed by atoms with Gasteiger partial charge in [0.2, 0.25) is 0 Å². The van der Waals surface area contributed by atoms with Crippen LogP contribution in [0.2, 0.25) is 0 Å². The lowest BCUT2D eigenvalue weighted by Crippen LogP contribution is -2.39. The Balaban J connectivity index is 2.78. The van der Waals surface area contributed by atoms with Crippen LogP contribution in [0.3, 0.4) is 0 Å². The Kier molecular flexibility index (Phi) is 3.34. The summed E-state index contributed by atoms with van der Waals surface area (Å²) in [5, 5.41) is 9.29. The molecule has 1 atom stereocenters. The molecule has 1 unspecified atom stereocenters. The van der Waals surface area contributed by atoms with E-state index in [9.17, 15) is 9.90 Å². The summed E-state index contributed by atoms with van der Waals surface area (Å²) in [5.41, 5.74) is -0.396. The quantitative estimate of drug-likeness (QED) is 0.732. The van der Waals surface area contributed by atoms with Crippen LogP contribution in [0, 0.1) is 11.3 Å². The largest absolute Gasteiger partial charge is 0.481 e. The van der Waals surface area contributed by atoms with Crippen LogP contribution in [-0.2, 0) is 4.79 Å². The van der Waals surface area contributed by atoms with Crippen LogP contribution in [0.5, 0.6) is 0 Å². The second-order valence-electron chi connectivity index (χ2n) is 4.33. The first-order valence-electron chi connectivity index (χ1n) is 5.37. The number of carbonyl (C=O) groups is 1. The number of carboxylic acid groups (broad SMARTS) is 1. The van der Waals surface area contributed by atoms with Crippen LogP contribution < -0.4 is 0 Å². The molecule has 0 amide bonds. The van der Waals surface area contributed by atoms with E-state index in [0.29, 0.717) is 5.92 Å². The van der Waals surface area contributed by atoms with Gasteiger partial charge in [-0.15, -0.1) is 0 Å². The molecule has 1 N–H and O–H groups in total. The van der Waals surface area contributed by atoms with E-state index in [2.05, 4.69) is 13.8 Å². The Morgan fingerprint density at radius 2 is 1.92 bits per heavy atom. The van der Waals surface area contributed by atoms with Gasteiger partial charge >= 0.3 is 5.97 Å². The first-order chi connectivity index (χ1) is 6.13. The number of rotatable bonds is 3. The van der Waals surface area contributed by atoms with Gasteiger partial charge in [0, 0.05) is 0 Å². The SMILES string of the molecule is CCC(C)C1(C(=O)O)CCCCC1. The molecule has 13 heavy (non-hydrogen) atoms. The minimum absolute atomic E-state index is 0.324. The van der Waals surface area contributed by atoms with E-state index >= 15 is 0 Å². The van der Waals surface area contributed by atoms with Crippen molar-refractivity contribution in [2.24, 2.45) is 11.3 Å². The fourth-order valence-electron chi connectivity index (χ4n) is 2.49. The maximum atomic E-state index is 11.3. The summed E-state index contributed by atoms with van der Waals surface area (Å²) in [7, 11) is 0. The monoisotopic (exact) mass is 184 g/mol. The Morgan fingerprint density at radius 1 is 1.38 bits per heavy atom. The molecular weight excluding hydrogens is 164 g/mol. The zero-order valence-corrected chi connectivity index (χ0v) is 8.68. The van der Waals surface area contributed by atoms with Crippen molar-refractivity contribution in [2.45, 2.75) is 52.4 Å². The highest BCUT2D eigenvalue weighted by atomic mass is 16.4. The third-order valence-electron chi connectivity index (χ3n) is 3.73. The molecule has 76 valence electrons. The Hall–Kier alpha value is -0.530. The van der Waals surface area contributed by atoms with Gasteiger partial charge in [0.05, 0.1) is 5.41 Å². The fraction of sp³-hybridized carbons (Fsp3) is 0.909. The molecule has 0 radical (unpaired) electrons. The third-order valence-corrected chi connectivity index (χ3v) is 3.73. The van der Waals surface area contributed by atoms with E-state index in [-0.39, 0.29) is 0 Å². The van der Waals surface area contributed by atoms with E-state index in [1.807, 2.05) is 0 Å². The first-order valence-corrected chi connectivity index (χ1v) is 5.37. The number of aliphatic carboxylic acids is 1. The zero-order valence-electron chi connectivity index (χ0n) is 8.68. The zero-order chi connectivity index (χ0) is 9.90. The van der Waals surface area contributed by atoms with Gasteiger partial charge in [-0.25, -0.2) is 0 Å². The molecule has 0 aromatic heterocycles. The van der Waals surface area contributed by atoms with Crippen LogP contribution in [0.15, 0.2) is 0 Å². The molecule has 0 saturated heterocycles. The van der Waals surface area contributed by atoms with Crippen LogP contribution in [0.4, 0.5) is 0 Å². The molecule has 2 nitrogen and oxygen atoms in total. The topological polar surface area (TPSA) is 37.3 Å². The predicted octanol–water partition coefficient (Wildman–Crippen LogP) is 3.07. The maximum Gasteiger partial charge on any atom is 0.309 e. The fourth-order valence-corrected chi connectivity index (χ4v) is 2.49. The van der Waals surface area contributed by atoms with E-state index in [1.54, 1.807) is 0 Å². The molecule has 0 aromatic rings. The summed E-state index contributed by atoms with van der Waals surface area (Å²) >= 11 is 0. The summed E-state index contributed by atoms with van der Waals surface area (Å²) in [5.74, 6) is -0.244. The molecule has 0 bridgehead atoms. The summed E-state index contributed by atoms with van der Waals surface area (Å²) in [4.78, 5) is 11.3. The summed E-state index contributed by atoms with van der Waals surface area (Å²) < 4.78 is 0. The molecule has 1 aliphatic rings. The highest BCUT2D eigenvalue weighted by molar-refractivity contribution is 5.75. The Labute approximate surface area is 80.3 Å². The molecule has 1 aliphatic carbocycles. The van der Waals surface area contributed by atoms with Crippen molar-refractivity contribution in [3.8, 4) is 0 Å². The molecule has 1 saturated carbocycles. The second kappa shape index (κ2) is 4.12. The van der Waals surface area contributed by atoms with Gasteiger partial charge < -0.3 is 5.11 Å². The van der Waals surface area contributed by atoms with Crippen molar-refractivity contribution in [2.75, 3.05) is 0 Å². The molecule has 0 aliphatic heterocycles. The first kappa shape index (κ1) is 10.6. The average molecular weight is 184 g/mol. The molecule has 0 heterocycles. The predicted molar refractivity (Wildman–Crippen MR) is 52.6 cm³/mol. The molecular formula is C11H20O2. The minimum Gasteiger partial charge on any atom is -0.481 e. The Bertz CT molecular complexity index is 181. The lowest BCUT2D eigenvalue weighted by atomic mass is 9.65. The van der Waals surface area contributed by atoms with E-state index in [1.165, 1.54) is 6.42 Å². The van der Waals surface area contributed by atoms with Crippen LogP contribution in [-0.4, -0.2) is 11.1 Å². The van der Waals surface area contributed by atoms with Crippen molar-refractivity contribution in [1.82, 2.24) is 0 Å². The lowest BCUT2D eigenvalue weighted by molar-refractivity contribution is -0.155. The number of hydrogen-bond donors (Lipinski definition) is 1. The van der Waals surface area contributed by atoms with Gasteiger partial charge in [-0.1, -0.05) is 39.5 Å². The average Bonchev–Trinajstić information content (AvgIpc) is 2.17. The molecule has 1 fully saturated rings. The summed E-state index contributed by atoms with van der Waals surface area (Å²) in [6, 6.07) is 0. The van der Waals surface area contributed by atoms with Gasteiger partial charge in [-0.3, -0.25) is 4.79 Å². The van der Waals surface area contributed by atoms with Gasteiger partial charge in [-0.05, 0) is 18.8 Å². The maximum absolute atomic E-state index is 11.3. The third kappa shape index (κ3) is 1.87. The lowest BCUT2D eigenvalue weighted by Gasteiger charge is -2.38. The molecule has 0 spiro atoms. The van der Waals surface area contributed by atoms with Crippen molar-refractivity contribution < 1.29 is 9.90 Å². The summed E-state index contributed by atoms with van der Waals surface area (Å²) in [6.45, 7) is 4.17. The van der Waals surface area contributed by atoms with Crippen molar-refractivity contribution in [3.05, 3.63) is 0 Å². The molecule has 2 heteroatoms. The van der Waals surface area contributed by atoms with Crippen LogP contribution in [0.1, 0.15) is 52.4 Å². The minimum atomic E-state index is -0.568. The van der Waals surface area contributed by atoms with E-state index in [0.717, 1.165) is 32.1 Å². The van der Waals surface area contributed by atoms with Crippen molar-refractivity contribution >= 4 is 5.97 Å². The van der Waals surface area contributed by atoms with Gasteiger partial charge in [-0.2, -0.15) is 0 Å². The second-order valence-corrected chi connectivity index (χ2v) is 4.33. The molecule has 0 aromatic carbocycles. The van der Waals surface area contributed by atoms with Crippen molar-refractivity contribution in [3.63, 3.8) is 0 Å². The normalized spacial score (nSPS) is 23.8. The summed E-state index contributed by atoms with van der Waals surface area (Å²) in [6.07, 6.45) is 6.15. The molecule has 1 rings (SSSR count). The van der Waals surface area contributed by atoms with Gasteiger partial charge in [0.15, 0.2) is 0 Å². The van der Waals surface area contributed by atoms with E-state index in [4.69, 9.17) is 0 Å². The van der Waals surface area contributed by atoms with Crippen LogP contribution >= 0.6 is 0 Å². The number of hydrogen-bond acceptors (Lipinski definition) is 1. The smallest absolute Gasteiger partial charge is 0.309 e. The van der Waals surface area contributed by atoms with Crippen LogP contribution in [0.25, 0.3) is 0 Å². The standard InChI is InChI=1S/C11H20O2/c1-3-9(2)11(10(12)13)7-5-4-6-8-11/h9H,3-8H2,1-2H3,(H,12,13). The number of carboxylic acids is 1. The van der Waals surface area contributed by atoms with Gasteiger partial charge in [0.1, 0.15) is 0 Å². The van der Waals surface area contributed by atoms with E-state index < -0.39 is 11.4 Å². The highest BCUT2D eigenvalue weighted by Gasteiger charge is 2.43. The highest BCUT2D eigenvalue weighted by Crippen LogP contribution is 2.43. The van der Waals surface area contributed by atoms with Crippen molar-refractivity contribution in [1.29, 1.82) is 0 Å².